The smallest absolute Gasteiger partial charge is 0.187 e. The molecular weight excluding hydrogens is 704 g/mol. The Morgan fingerprint density at radius 1 is 0.577 bits per heavy atom. The van der Waals surface area contributed by atoms with Gasteiger partial charge in [0.05, 0.1) is 49.7 Å². The second-order valence-corrected chi connectivity index (χ2v) is 15.2. The van der Waals surface area contributed by atoms with Crippen LogP contribution >= 0.6 is 0 Å². The van der Waals surface area contributed by atoms with Crippen molar-refractivity contribution in [2.75, 3.05) is 13.2 Å². The predicted octanol–water partition coefficient (Wildman–Crippen LogP) is -7.22. The first-order valence-corrected chi connectivity index (χ1v) is 18.0. The zero-order chi connectivity index (χ0) is 37.8. The summed E-state index contributed by atoms with van der Waals surface area (Å²) in [6, 6.07) is 0. The van der Waals surface area contributed by atoms with Gasteiger partial charge in [-0.1, -0.05) is 0 Å². The summed E-state index contributed by atoms with van der Waals surface area (Å²) in [5, 5.41) is 137. The van der Waals surface area contributed by atoms with E-state index < -0.39 is 160 Å². The van der Waals surface area contributed by atoms with E-state index in [1.807, 2.05) is 0 Å². The van der Waals surface area contributed by atoms with Crippen molar-refractivity contribution in [3.63, 3.8) is 0 Å². The van der Waals surface area contributed by atoms with Crippen LogP contribution in [0.15, 0.2) is 0 Å². The second-order valence-electron chi connectivity index (χ2n) is 15.2. The average Bonchev–Trinajstić information content (AvgIpc) is 3.10. The highest BCUT2D eigenvalue weighted by atomic mass is 16.8. The fourth-order valence-corrected chi connectivity index (χ4v) is 8.43. The van der Waals surface area contributed by atoms with Gasteiger partial charge in [0.25, 0.3) is 0 Å². The maximum Gasteiger partial charge on any atom is 0.187 e. The molecule has 20 nitrogen and oxygen atoms in total. The van der Waals surface area contributed by atoms with Crippen LogP contribution in [-0.4, -0.2) is 219 Å². The standard InChI is InChI=1S/C32H54O20/c1-9-20(38)24(42)27(45)30(48-9)47-8-19-23(41)25(43)29(52-31-26(44)22(40)16(37)7-46-31)32(51-19)50-18-6-12-13(34)4-11(33)5-17(12)49-28(18)10-2-14(35)21(39)15(36)3-10/h9-45H,2-8H2,1H3/p+1/t9-,10?,11?,12?,13?,14?,15?,16+,17?,18?,19+,20-,21?,22-,23+,24+,25-,26+,27+,28?,29+,30+,31-,32+/m0/s1. The number of aliphatic hydroxyl groups is 15. The normalized spacial score (nSPS) is 56.2. The first-order chi connectivity index (χ1) is 24.5. The largest absolute Gasteiger partial charge is 0.427 e. The Hall–Kier alpha value is -0.800. The lowest BCUT2D eigenvalue weighted by atomic mass is 9.72. The van der Waals surface area contributed by atoms with Crippen molar-refractivity contribution in [2.45, 2.75) is 174 Å². The lowest BCUT2D eigenvalue weighted by molar-refractivity contribution is -0.385. The van der Waals surface area contributed by atoms with Gasteiger partial charge in [-0.25, -0.2) is 0 Å². The minimum absolute atomic E-state index is 0.0169. The third-order valence-electron chi connectivity index (χ3n) is 11.6. The Kier molecular flexibility index (Phi) is 13.2. The third kappa shape index (κ3) is 8.32. The van der Waals surface area contributed by atoms with E-state index in [2.05, 4.69) is 0 Å². The van der Waals surface area contributed by atoms with E-state index in [9.17, 15) is 66.4 Å². The molecule has 20 heteroatoms. The minimum Gasteiger partial charge on any atom is -0.427 e. The Morgan fingerprint density at radius 2 is 1.25 bits per heavy atom. The summed E-state index contributed by atoms with van der Waals surface area (Å²) in [5.41, 5.74) is 0. The maximum absolute atomic E-state index is 11.4. The monoisotopic (exact) mass is 759 g/mol. The van der Waals surface area contributed by atoms with Crippen molar-refractivity contribution < 1.29 is 99.5 Å². The quantitative estimate of drug-likeness (QED) is 0.102. The fourth-order valence-electron chi connectivity index (χ4n) is 8.43. The molecule has 0 spiro atoms. The molecule has 4 saturated heterocycles. The van der Waals surface area contributed by atoms with E-state index in [4.69, 9.17) is 33.2 Å². The summed E-state index contributed by atoms with van der Waals surface area (Å²) in [7, 11) is 0. The van der Waals surface area contributed by atoms with Crippen molar-refractivity contribution >= 4 is 0 Å². The summed E-state index contributed by atoms with van der Waals surface area (Å²) >= 11 is 0. The molecule has 52 heavy (non-hydrogen) atoms. The lowest BCUT2D eigenvalue weighted by Gasteiger charge is -2.50. The SMILES string of the molecule is C[C@@H]1O[C@@H](OC[C@H]2O[C@@H](OC3CC4C(O)CC(O)CC4[OH+]C3C3CC(O)C(O)C(O)C3)[C@H](O[C@@H]3OC[C@@H](O)[C@H](O)[C@H]3O)[C@@H](O)[C@@H]2O)[C@H](O)[C@H](O)[C@H]1O. The summed E-state index contributed by atoms with van der Waals surface area (Å²) in [6.45, 7) is 0.434. The van der Waals surface area contributed by atoms with E-state index in [1.54, 1.807) is 0 Å². The summed E-state index contributed by atoms with van der Waals surface area (Å²) in [4.78, 5) is 0. The van der Waals surface area contributed by atoms with Gasteiger partial charge in [-0.05, 0) is 26.2 Å². The molecule has 22 atom stereocenters. The molecular formula is C32H55O20+. The van der Waals surface area contributed by atoms with Crippen molar-refractivity contribution in [3.05, 3.63) is 0 Å². The van der Waals surface area contributed by atoms with Crippen LogP contribution in [-0.2, 0) is 28.4 Å². The Bertz CT molecular complexity index is 1140. The van der Waals surface area contributed by atoms with Crippen LogP contribution in [0.1, 0.15) is 39.0 Å². The third-order valence-corrected chi connectivity index (χ3v) is 11.6. The van der Waals surface area contributed by atoms with E-state index in [-0.39, 0.29) is 32.1 Å². The summed E-state index contributed by atoms with van der Waals surface area (Å²) in [6.07, 6.45) is -29.7. The minimum atomic E-state index is -1.86. The van der Waals surface area contributed by atoms with Crippen LogP contribution in [0.5, 0.6) is 0 Å². The van der Waals surface area contributed by atoms with Crippen LogP contribution in [0, 0.1) is 11.8 Å². The summed E-state index contributed by atoms with van der Waals surface area (Å²) in [5.74, 6) is -1.07. The van der Waals surface area contributed by atoms with Crippen molar-refractivity contribution in [1.29, 1.82) is 0 Å². The molecule has 0 aromatic rings. The van der Waals surface area contributed by atoms with Gasteiger partial charge in [0.1, 0.15) is 73.2 Å². The van der Waals surface area contributed by atoms with Crippen LogP contribution < -0.4 is 0 Å². The molecule has 8 unspecified atom stereocenters. The van der Waals surface area contributed by atoms with Crippen molar-refractivity contribution in [2.24, 2.45) is 11.8 Å². The van der Waals surface area contributed by atoms with E-state index in [0.29, 0.717) is 0 Å². The van der Waals surface area contributed by atoms with Gasteiger partial charge < -0.3 is 99.5 Å². The zero-order valence-electron chi connectivity index (χ0n) is 28.5. The van der Waals surface area contributed by atoms with Gasteiger partial charge in [-0.3, -0.25) is 0 Å². The fraction of sp³-hybridized carbons (Fsp3) is 1.00. The molecule has 14 N–H and O–H groups in total. The molecule has 302 valence electrons. The molecule has 0 aromatic carbocycles. The molecule has 4 aliphatic heterocycles. The average molecular weight is 760 g/mol. The Morgan fingerprint density at radius 3 is 1.94 bits per heavy atom. The number of ether oxygens (including phenoxy) is 7. The second kappa shape index (κ2) is 16.7. The van der Waals surface area contributed by atoms with Crippen molar-refractivity contribution in [1.82, 2.24) is 0 Å². The first-order valence-electron chi connectivity index (χ1n) is 18.0. The Labute approximate surface area is 298 Å². The molecule has 6 rings (SSSR count). The highest BCUT2D eigenvalue weighted by molar-refractivity contribution is 5.00. The van der Waals surface area contributed by atoms with E-state index in [1.165, 1.54) is 6.92 Å². The predicted molar refractivity (Wildman–Crippen MR) is 166 cm³/mol. The molecule has 2 aliphatic carbocycles. The van der Waals surface area contributed by atoms with Crippen molar-refractivity contribution in [3.8, 4) is 0 Å². The van der Waals surface area contributed by atoms with Gasteiger partial charge in [-0.15, -0.1) is 0 Å². The van der Waals surface area contributed by atoms with Gasteiger partial charge in [0.2, 0.25) is 0 Å². The van der Waals surface area contributed by atoms with Gasteiger partial charge >= 0.3 is 0 Å². The molecule has 4 heterocycles. The lowest BCUT2D eigenvalue weighted by Crippen LogP contribution is -2.65. The number of aliphatic hydroxyl groups excluding tert-OH is 13. The molecule has 2 saturated carbocycles. The van der Waals surface area contributed by atoms with Crippen LogP contribution in [0.3, 0.4) is 0 Å². The maximum atomic E-state index is 11.4. The van der Waals surface area contributed by atoms with Crippen LogP contribution in [0.2, 0.25) is 0 Å². The molecule has 6 aliphatic rings. The highest BCUT2D eigenvalue weighted by Crippen LogP contribution is 2.43. The number of hydrogen-bond donors (Lipinski definition) is 13. The van der Waals surface area contributed by atoms with E-state index in [0.717, 1.165) is 0 Å². The number of rotatable bonds is 8. The molecule has 6 fully saturated rings. The topological polar surface area (TPSA) is 331 Å². The number of hydrogen-bond acceptors (Lipinski definition) is 19. The summed E-state index contributed by atoms with van der Waals surface area (Å²) < 4.78 is 39.9. The molecule has 0 bridgehead atoms. The van der Waals surface area contributed by atoms with Crippen LogP contribution in [0.4, 0.5) is 0 Å². The Balaban J connectivity index is 1.26. The van der Waals surface area contributed by atoms with E-state index >= 15 is 0 Å². The van der Waals surface area contributed by atoms with Gasteiger partial charge in [-0.2, -0.15) is 0 Å². The van der Waals surface area contributed by atoms with Gasteiger partial charge in [0.15, 0.2) is 31.1 Å². The van der Waals surface area contributed by atoms with Gasteiger partial charge in [0, 0.05) is 18.8 Å². The first kappa shape index (κ1) is 40.9. The molecule has 0 radical (unpaired) electrons. The zero-order valence-corrected chi connectivity index (χ0v) is 28.5. The number of fused-ring (bicyclic) bond motifs is 1. The molecule has 0 aromatic heterocycles. The molecule has 0 amide bonds. The van der Waals surface area contributed by atoms with Crippen LogP contribution in [0.25, 0.3) is 0 Å². The highest BCUT2D eigenvalue weighted by Gasteiger charge is 2.57.